The Hall–Kier alpha value is -1.07. The Morgan fingerprint density at radius 2 is 2.12 bits per heavy atom. The Morgan fingerprint density at radius 3 is 2.71 bits per heavy atom. The van der Waals surface area contributed by atoms with E-state index < -0.39 is 9.84 Å². The van der Waals surface area contributed by atoms with Crippen molar-refractivity contribution in [1.29, 1.82) is 0 Å². The summed E-state index contributed by atoms with van der Waals surface area (Å²) in [7, 11) is -2.97. The molecule has 0 bridgehead atoms. The van der Waals surface area contributed by atoms with Crippen LogP contribution in [-0.2, 0) is 16.4 Å². The highest BCUT2D eigenvalue weighted by Crippen LogP contribution is 2.12. The summed E-state index contributed by atoms with van der Waals surface area (Å²) in [5.41, 5.74) is 1.64. The van der Waals surface area contributed by atoms with Gasteiger partial charge in [-0.25, -0.2) is 8.42 Å². The number of aliphatic hydroxyl groups is 1. The minimum absolute atomic E-state index is 0.0167. The van der Waals surface area contributed by atoms with Crippen molar-refractivity contribution >= 4 is 15.5 Å². The maximum absolute atomic E-state index is 11.4. The second-order valence-electron chi connectivity index (χ2n) is 4.10. The van der Waals surface area contributed by atoms with Crippen LogP contribution >= 0.6 is 0 Å². The minimum atomic E-state index is -2.97. The average molecular weight is 257 g/mol. The van der Waals surface area contributed by atoms with Gasteiger partial charge in [-0.1, -0.05) is 19.1 Å². The number of hydrogen-bond acceptors (Lipinski definition) is 4. The maximum Gasteiger partial charge on any atom is 0.152 e. The van der Waals surface area contributed by atoms with Gasteiger partial charge in [-0.2, -0.15) is 0 Å². The number of benzene rings is 1. The number of rotatable bonds is 6. The van der Waals surface area contributed by atoms with Crippen LogP contribution in [0.4, 0.5) is 5.69 Å². The molecule has 0 spiro atoms. The first-order valence-corrected chi connectivity index (χ1v) is 7.45. The van der Waals surface area contributed by atoms with Crippen LogP contribution < -0.4 is 5.32 Å². The summed E-state index contributed by atoms with van der Waals surface area (Å²) in [6, 6.07) is 7.17. The standard InChI is InChI=1S/C12H19NO3S/c1-3-17(15,16)9-10(2)13-12-6-4-5-11(7-12)8-14/h4-7,10,13-14H,3,8-9H2,1-2H3. The quantitative estimate of drug-likeness (QED) is 0.808. The normalized spacial score (nSPS) is 13.4. The monoisotopic (exact) mass is 257 g/mol. The molecule has 17 heavy (non-hydrogen) atoms. The fraction of sp³-hybridized carbons (Fsp3) is 0.500. The topological polar surface area (TPSA) is 66.4 Å². The van der Waals surface area contributed by atoms with Crippen LogP contribution in [0.2, 0.25) is 0 Å². The molecule has 0 aliphatic heterocycles. The molecule has 0 saturated heterocycles. The van der Waals surface area contributed by atoms with Crippen LogP contribution in [0.25, 0.3) is 0 Å². The molecule has 0 saturated carbocycles. The zero-order valence-electron chi connectivity index (χ0n) is 10.2. The molecule has 1 unspecified atom stereocenters. The number of aliphatic hydroxyl groups excluding tert-OH is 1. The van der Waals surface area contributed by atoms with E-state index in [0.29, 0.717) is 0 Å². The fourth-order valence-electron chi connectivity index (χ4n) is 1.58. The number of sulfone groups is 1. The van der Waals surface area contributed by atoms with Crippen LogP contribution in [0.3, 0.4) is 0 Å². The Bertz CT molecular complexity index is 457. The van der Waals surface area contributed by atoms with Crippen molar-refractivity contribution in [2.45, 2.75) is 26.5 Å². The third-order valence-electron chi connectivity index (χ3n) is 2.47. The van der Waals surface area contributed by atoms with E-state index in [1.807, 2.05) is 31.2 Å². The lowest BCUT2D eigenvalue weighted by atomic mass is 10.2. The second kappa shape index (κ2) is 6.02. The van der Waals surface area contributed by atoms with E-state index in [4.69, 9.17) is 5.11 Å². The molecule has 1 aromatic rings. The molecule has 0 heterocycles. The molecule has 0 aliphatic carbocycles. The first-order valence-electron chi connectivity index (χ1n) is 5.63. The van der Waals surface area contributed by atoms with Gasteiger partial charge in [0, 0.05) is 17.5 Å². The third kappa shape index (κ3) is 4.75. The molecule has 4 nitrogen and oxygen atoms in total. The summed E-state index contributed by atoms with van der Waals surface area (Å²) in [6.07, 6.45) is 0. The molecule has 1 atom stereocenters. The number of anilines is 1. The molecule has 5 heteroatoms. The Labute approximate surface area is 103 Å². The summed E-state index contributed by atoms with van der Waals surface area (Å²) < 4.78 is 22.9. The van der Waals surface area contributed by atoms with Crippen LogP contribution in [-0.4, -0.2) is 31.1 Å². The molecule has 1 rings (SSSR count). The Balaban J connectivity index is 2.64. The largest absolute Gasteiger partial charge is 0.392 e. The zero-order chi connectivity index (χ0) is 12.9. The molecule has 0 aliphatic rings. The zero-order valence-corrected chi connectivity index (χ0v) is 11.0. The van der Waals surface area contributed by atoms with E-state index in [9.17, 15) is 8.42 Å². The number of nitrogens with one attached hydrogen (secondary N) is 1. The molecule has 0 amide bonds. The van der Waals surface area contributed by atoms with E-state index in [1.54, 1.807) is 6.92 Å². The lowest BCUT2D eigenvalue weighted by Gasteiger charge is -2.15. The maximum atomic E-state index is 11.4. The predicted octanol–water partition coefficient (Wildman–Crippen LogP) is 1.41. The highest BCUT2D eigenvalue weighted by atomic mass is 32.2. The first-order chi connectivity index (χ1) is 7.96. The van der Waals surface area contributed by atoms with Crippen molar-refractivity contribution in [2.75, 3.05) is 16.8 Å². The van der Waals surface area contributed by atoms with Crippen molar-refractivity contribution in [3.05, 3.63) is 29.8 Å². The first kappa shape index (κ1) is 14.0. The molecule has 0 radical (unpaired) electrons. The van der Waals surface area contributed by atoms with E-state index in [0.717, 1.165) is 11.3 Å². The van der Waals surface area contributed by atoms with E-state index in [-0.39, 0.29) is 24.2 Å². The average Bonchev–Trinajstić information content (AvgIpc) is 2.28. The van der Waals surface area contributed by atoms with E-state index in [1.165, 1.54) is 0 Å². The summed E-state index contributed by atoms with van der Waals surface area (Å²) in [5, 5.41) is 12.1. The van der Waals surface area contributed by atoms with Gasteiger partial charge < -0.3 is 10.4 Å². The lowest BCUT2D eigenvalue weighted by Crippen LogP contribution is -2.26. The van der Waals surface area contributed by atoms with Crippen LogP contribution in [0.15, 0.2) is 24.3 Å². The highest BCUT2D eigenvalue weighted by Gasteiger charge is 2.13. The number of hydrogen-bond donors (Lipinski definition) is 2. The summed E-state index contributed by atoms with van der Waals surface area (Å²) in [5.74, 6) is 0.280. The molecule has 2 N–H and O–H groups in total. The molecule has 0 fully saturated rings. The van der Waals surface area contributed by atoms with Gasteiger partial charge in [-0.3, -0.25) is 0 Å². The van der Waals surface area contributed by atoms with Crippen molar-refractivity contribution in [3.8, 4) is 0 Å². The van der Waals surface area contributed by atoms with Gasteiger partial charge in [0.1, 0.15) is 0 Å². The minimum Gasteiger partial charge on any atom is -0.392 e. The highest BCUT2D eigenvalue weighted by molar-refractivity contribution is 7.91. The molecule has 1 aromatic carbocycles. The van der Waals surface area contributed by atoms with Gasteiger partial charge in [-0.15, -0.1) is 0 Å². The second-order valence-corrected chi connectivity index (χ2v) is 6.50. The summed E-state index contributed by atoms with van der Waals surface area (Å²) in [6.45, 7) is 3.46. The van der Waals surface area contributed by atoms with Crippen LogP contribution in [0.5, 0.6) is 0 Å². The Morgan fingerprint density at radius 1 is 1.41 bits per heavy atom. The van der Waals surface area contributed by atoms with Crippen molar-refractivity contribution in [2.24, 2.45) is 0 Å². The lowest BCUT2D eigenvalue weighted by molar-refractivity contribution is 0.282. The molecular formula is C12H19NO3S. The van der Waals surface area contributed by atoms with Gasteiger partial charge in [0.05, 0.1) is 12.4 Å². The van der Waals surface area contributed by atoms with Gasteiger partial charge in [0.2, 0.25) is 0 Å². The van der Waals surface area contributed by atoms with Crippen molar-refractivity contribution in [1.82, 2.24) is 0 Å². The fourth-order valence-corrected chi connectivity index (χ4v) is 2.67. The van der Waals surface area contributed by atoms with Gasteiger partial charge in [0.15, 0.2) is 9.84 Å². The molecule has 96 valence electrons. The SMILES string of the molecule is CCS(=O)(=O)CC(C)Nc1cccc(CO)c1. The smallest absolute Gasteiger partial charge is 0.152 e. The molecular weight excluding hydrogens is 238 g/mol. The van der Waals surface area contributed by atoms with Crippen LogP contribution in [0, 0.1) is 0 Å². The van der Waals surface area contributed by atoms with Crippen LogP contribution in [0.1, 0.15) is 19.4 Å². The predicted molar refractivity (Wildman–Crippen MR) is 69.8 cm³/mol. The van der Waals surface area contributed by atoms with Crippen molar-refractivity contribution in [3.63, 3.8) is 0 Å². The van der Waals surface area contributed by atoms with Gasteiger partial charge in [-0.05, 0) is 24.6 Å². The summed E-state index contributed by atoms with van der Waals surface area (Å²) in [4.78, 5) is 0. The van der Waals surface area contributed by atoms with E-state index in [2.05, 4.69) is 5.32 Å². The Kier molecular flexibility index (Phi) is 4.96. The summed E-state index contributed by atoms with van der Waals surface area (Å²) >= 11 is 0. The van der Waals surface area contributed by atoms with E-state index >= 15 is 0 Å². The molecule has 0 aromatic heterocycles. The van der Waals surface area contributed by atoms with Gasteiger partial charge >= 0.3 is 0 Å². The van der Waals surface area contributed by atoms with Crippen molar-refractivity contribution < 1.29 is 13.5 Å². The third-order valence-corrected chi connectivity index (χ3v) is 4.35. The van der Waals surface area contributed by atoms with Gasteiger partial charge in [0.25, 0.3) is 0 Å².